The van der Waals surface area contributed by atoms with E-state index < -0.39 is 5.77 Å². The molecular formula is C15H25N2O2PS3. The van der Waals surface area contributed by atoms with Crippen LogP contribution < -0.4 is 0 Å². The average molecular weight is 393 g/mol. The highest BCUT2D eigenvalue weighted by atomic mass is 33.1. The van der Waals surface area contributed by atoms with Gasteiger partial charge in [0.2, 0.25) is 0 Å². The first-order valence-electron chi connectivity index (χ1n) is 8.14. The second-order valence-corrected chi connectivity index (χ2v) is 14.0. The molecule has 1 aliphatic carbocycles. The molecule has 130 valence electrons. The largest absolute Gasteiger partial charge is 0.314 e. The van der Waals surface area contributed by atoms with Gasteiger partial charge in [0.1, 0.15) is 10.9 Å². The molecule has 1 aromatic heterocycles. The molecule has 0 bridgehead atoms. The van der Waals surface area contributed by atoms with E-state index in [1.807, 2.05) is 13.0 Å². The molecule has 4 nitrogen and oxygen atoms in total. The number of rotatable bonds is 11. The zero-order valence-corrected chi connectivity index (χ0v) is 17.3. The Morgan fingerprint density at radius 2 is 2.04 bits per heavy atom. The minimum atomic E-state index is -2.69. The Morgan fingerprint density at radius 3 is 2.65 bits per heavy atom. The van der Waals surface area contributed by atoms with Gasteiger partial charge in [-0.25, -0.2) is 9.97 Å². The van der Waals surface area contributed by atoms with E-state index in [-0.39, 0.29) is 0 Å². The van der Waals surface area contributed by atoms with Gasteiger partial charge in [0, 0.05) is 17.4 Å². The normalized spacial score (nSPS) is 17.2. The van der Waals surface area contributed by atoms with Crippen LogP contribution in [0, 0.1) is 0 Å². The molecule has 1 fully saturated rings. The number of thioether (sulfide) groups is 1. The Hall–Kier alpha value is 0.320. The fourth-order valence-corrected chi connectivity index (χ4v) is 9.20. The van der Waals surface area contributed by atoms with Crippen LogP contribution in [0.15, 0.2) is 11.1 Å². The van der Waals surface area contributed by atoms with Crippen LogP contribution in [-0.4, -0.2) is 28.1 Å². The van der Waals surface area contributed by atoms with Gasteiger partial charge in [-0.2, -0.15) is 0 Å². The first-order chi connectivity index (χ1) is 11.1. The SMILES string of the molecule is CCCSP(=O)(OCC)SCc1cc(SCC)nc(C2CC2)n1. The molecule has 1 aliphatic rings. The summed E-state index contributed by atoms with van der Waals surface area (Å²) in [5.74, 6) is 1.28. The van der Waals surface area contributed by atoms with Crippen LogP contribution in [0.25, 0.3) is 0 Å². The van der Waals surface area contributed by atoms with Crippen molar-refractivity contribution in [3.8, 4) is 0 Å². The summed E-state index contributed by atoms with van der Waals surface area (Å²) in [5, 5.41) is 1.03. The molecule has 0 saturated heterocycles. The summed E-state index contributed by atoms with van der Waals surface area (Å²) in [5.41, 5.74) is 0.972. The van der Waals surface area contributed by atoms with Gasteiger partial charge in [-0.15, -0.1) is 11.8 Å². The molecule has 1 heterocycles. The summed E-state index contributed by atoms with van der Waals surface area (Å²) in [6, 6.07) is 2.04. The number of aromatic nitrogens is 2. The third-order valence-electron chi connectivity index (χ3n) is 3.12. The molecular weight excluding hydrogens is 367 g/mol. The van der Waals surface area contributed by atoms with Crippen LogP contribution in [0.2, 0.25) is 0 Å². The Labute approximate surface area is 151 Å². The van der Waals surface area contributed by atoms with E-state index in [9.17, 15) is 4.57 Å². The van der Waals surface area contributed by atoms with Gasteiger partial charge in [-0.3, -0.25) is 4.57 Å². The smallest absolute Gasteiger partial charge is 0.313 e. The third kappa shape index (κ3) is 6.62. The van der Waals surface area contributed by atoms with Crippen molar-refractivity contribution in [1.82, 2.24) is 9.97 Å². The lowest BCUT2D eigenvalue weighted by atomic mass is 10.3. The van der Waals surface area contributed by atoms with Gasteiger partial charge in [-0.05, 0) is 38.0 Å². The first-order valence-corrected chi connectivity index (χ1v) is 13.9. The molecule has 23 heavy (non-hydrogen) atoms. The van der Waals surface area contributed by atoms with Gasteiger partial charge >= 0.3 is 5.77 Å². The Balaban J connectivity index is 2.06. The molecule has 1 unspecified atom stereocenters. The summed E-state index contributed by atoms with van der Waals surface area (Å²) < 4.78 is 18.4. The van der Waals surface area contributed by atoms with Crippen molar-refractivity contribution in [3.63, 3.8) is 0 Å². The van der Waals surface area contributed by atoms with E-state index in [0.29, 0.717) is 18.3 Å². The predicted octanol–water partition coefficient (Wildman–Crippen LogP) is 5.99. The van der Waals surface area contributed by atoms with Crippen LogP contribution in [0.4, 0.5) is 0 Å². The molecule has 1 saturated carbocycles. The maximum Gasteiger partial charge on any atom is 0.313 e. The molecule has 0 radical (unpaired) electrons. The van der Waals surface area contributed by atoms with Crippen molar-refractivity contribution in [2.24, 2.45) is 0 Å². The highest BCUT2D eigenvalue weighted by molar-refractivity contribution is 8.89. The van der Waals surface area contributed by atoms with Crippen LogP contribution in [0.3, 0.4) is 0 Å². The lowest BCUT2D eigenvalue weighted by Gasteiger charge is -2.16. The molecule has 8 heteroatoms. The third-order valence-corrected chi connectivity index (χ3v) is 11.5. The van der Waals surface area contributed by atoms with Gasteiger partial charge in [0.25, 0.3) is 0 Å². The number of hydrogen-bond donors (Lipinski definition) is 0. The molecule has 0 aliphatic heterocycles. The fraction of sp³-hybridized carbons (Fsp3) is 0.733. The van der Waals surface area contributed by atoms with E-state index in [1.54, 1.807) is 11.8 Å². The Kier molecular flexibility index (Phi) is 8.29. The summed E-state index contributed by atoms with van der Waals surface area (Å²) in [7, 11) is 0. The molecule has 0 aromatic carbocycles. The van der Waals surface area contributed by atoms with Crippen molar-refractivity contribution in [2.75, 3.05) is 18.1 Å². The van der Waals surface area contributed by atoms with Crippen LogP contribution in [0.5, 0.6) is 0 Å². The second-order valence-electron chi connectivity index (χ2n) is 5.23. The number of hydrogen-bond acceptors (Lipinski definition) is 7. The topological polar surface area (TPSA) is 52.1 Å². The fourth-order valence-electron chi connectivity index (χ4n) is 1.93. The average Bonchev–Trinajstić information content (AvgIpc) is 3.37. The molecule has 0 amide bonds. The quantitative estimate of drug-likeness (QED) is 0.260. The van der Waals surface area contributed by atoms with Crippen molar-refractivity contribution in [1.29, 1.82) is 0 Å². The first kappa shape index (κ1) is 19.6. The highest BCUT2D eigenvalue weighted by Crippen LogP contribution is 2.70. The monoisotopic (exact) mass is 392 g/mol. The van der Waals surface area contributed by atoms with Crippen LogP contribution in [-0.2, 0) is 14.8 Å². The molecule has 2 rings (SSSR count). The summed E-state index contributed by atoms with van der Waals surface area (Å²) in [6.45, 7) is 6.60. The van der Waals surface area contributed by atoms with Crippen molar-refractivity contribution in [3.05, 3.63) is 17.6 Å². The second kappa shape index (κ2) is 9.71. The zero-order chi connectivity index (χ0) is 16.7. The van der Waals surface area contributed by atoms with Crippen LogP contribution >= 0.6 is 40.3 Å². The minimum Gasteiger partial charge on any atom is -0.314 e. The van der Waals surface area contributed by atoms with E-state index in [2.05, 4.69) is 23.8 Å². The van der Waals surface area contributed by atoms with Crippen LogP contribution in [0.1, 0.15) is 57.5 Å². The summed E-state index contributed by atoms with van der Waals surface area (Å²) in [6.07, 6.45) is 3.38. The van der Waals surface area contributed by atoms with E-state index in [4.69, 9.17) is 4.52 Å². The lowest BCUT2D eigenvalue weighted by Crippen LogP contribution is -1.99. The Bertz CT molecular complexity index is 556. The maximum absolute atomic E-state index is 12.8. The van der Waals surface area contributed by atoms with Crippen molar-refractivity contribution >= 4 is 40.3 Å². The molecule has 1 aromatic rings. The highest BCUT2D eigenvalue weighted by Gasteiger charge is 2.28. The van der Waals surface area contributed by atoms with Gasteiger partial charge in [-0.1, -0.05) is 36.6 Å². The standard InChI is InChI=1S/C15H25N2O2PS3/c1-4-9-22-20(18,19-5-2)23-11-13-10-14(21-6-3)17-15(16-13)12-7-8-12/h10,12H,4-9,11H2,1-3H3. The van der Waals surface area contributed by atoms with E-state index in [1.165, 1.54) is 35.6 Å². The molecule has 1 atom stereocenters. The number of nitrogens with zero attached hydrogens (tertiary/aromatic N) is 2. The van der Waals surface area contributed by atoms with Crippen molar-refractivity contribution in [2.45, 2.75) is 56.7 Å². The minimum absolute atomic E-state index is 0.481. The predicted molar refractivity (Wildman–Crippen MR) is 104 cm³/mol. The zero-order valence-electron chi connectivity index (χ0n) is 14.0. The summed E-state index contributed by atoms with van der Waals surface area (Å²) in [4.78, 5) is 9.34. The Morgan fingerprint density at radius 1 is 1.26 bits per heavy atom. The van der Waals surface area contributed by atoms with E-state index in [0.717, 1.165) is 34.5 Å². The maximum atomic E-state index is 12.8. The lowest BCUT2D eigenvalue weighted by molar-refractivity contribution is 0.357. The van der Waals surface area contributed by atoms with Gasteiger partial charge in [0.05, 0.1) is 12.3 Å². The summed E-state index contributed by atoms with van der Waals surface area (Å²) >= 11 is 4.60. The van der Waals surface area contributed by atoms with Gasteiger partial charge < -0.3 is 4.52 Å². The molecule has 0 spiro atoms. The van der Waals surface area contributed by atoms with Gasteiger partial charge in [0.15, 0.2) is 0 Å². The molecule has 0 N–H and O–H groups in total. The van der Waals surface area contributed by atoms with Crippen molar-refractivity contribution < 1.29 is 9.09 Å². The van der Waals surface area contributed by atoms with E-state index >= 15 is 0 Å².